The second-order valence-electron chi connectivity index (χ2n) is 4.22. The summed E-state index contributed by atoms with van der Waals surface area (Å²) in [5, 5.41) is 5.12. The summed E-state index contributed by atoms with van der Waals surface area (Å²) in [6.45, 7) is 3.13. The molecule has 1 saturated heterocycles. The first kappa shape index (κ1) is 14.1. The van der Waals surface area contributed by atoms with Crippen molar-refractivity contribution < 1.29 is 18.3 Å². The SMILES string of the molecule is CO[C@H]1[C@@H](C(=O)NCC(F)=C(C)C)NC[C@@H]1F. The predicted molar refractivity (Wildman–Crippen MR) is 60.0 cm³/mol. The van der Waals surface area contributed by atoms with E-state index in [-0.39, 0.29) is 18.9 Å². The molecular weight excluding hydrogens is 230 g/mol. The smallest absolute Gasteiger partial charge is 0.240 e. The lowest BCUT2D eigenvalue weighted by Gasteiger charge is -2.18. The van der Waals surface area contributed by atoms with Gasteiger partial charge in [0.1, 0.15) is 24.1 Å². The molecule has 17 heavy (non-hydrogen) atoms. The summed E-state index contributed by atoms with van der Waals surface area (Å²) in [5.74, 6) is -0.837. The summed E-state index contributed by atoms with van der Waals surface area (Å²) < 4.78 is 31.4. The molecule has 1 fully saturated rings. The van der Waals surface area contributed by atoms with Crippen molar-refractivity contribution in [2.24, 2.45) is 0 Å². The minimum absolute atomic E-state index is 0.0712. The van der Waals surface area contributed by atoms with E-state index in [4.69, 9.17) is 4.74 Å². The zero-order valence-electron chi connectivity index (χ0n) is 10.2. The van der Waals surface area contributed by atoms with Gasteiger partial charge in [-0.3, -0.25) is 4.79 Å². The number of ether oxygens (including phenoxy) is 1. The third-order valence-corrected chi connectivity index (χ3v) is 2.73. The average molecular weight is 248 g/mol. The van der Waals surface area contributed by atoms with Gasteiger partial charge in [-0.2, -0.15) is 0 Å². The molecule has 2 N–H and O–H groups in total. The fourth-order valence-corrected chi connectivity index (χ4v) is 1.66. The van der Waals surface area contributed by atoms with Gasteiger partial charge < -0.3 is 15.4 Å². The van der Waals surface area contributed by atoms with Gasteiger partial charge in [0.15, 0.2) is 0 Å². The first-order valence-electron chi connectivity index (χ1n) is 5.47. The van der Waals surface area contributed by atoms with E-state index in [0.717, 1.165) is 0 Å². The van der Waals surface area contributed by atoms with Gasteiger partial charge in [0.2, 0.25) is 5.91 Å². The van der Waals surface area contributed by atoms with Crippen molar-refractivity contribution in [3.05, 3.63) is 11.4 Å². The molecule has 1 aliphatic rings. The lowest BCUT2D eigenvalue weighted by molar-refractivity contribution is -0.125. The summed E-state index contributed by atoms with van der Waals surface area (Å²) in [6, 6.07) is -0.764. The Hall–Kier alpha value is -1.01. The normalized spacial score (nSPS) is 27.9. The molecule has 0 radical (unpaired) electrons. The van der Waals surface area contributed by atoms with E-state index in [2.05, 4.69) is 10.6 Å². The number of hydrogen-bond acceptors (Lipinski definition) is 3. The van der Waals surface area contributed by atoms with Crippen LogP contribution in [0.4, 0.5) is 8.78 Å². The molecule has 6 heteroatoms. The van der Waals surface area contributed by atoms with E-state index in [1.54, 1.807) is 13.8 Å². The van der Waals surface area contributed by atoms with Crippen molar-refractivity contribution in [1.29, 1.82) is 0 Å². The molecule has 0 unspecified atom stereocenters. The number of methoxy groups -OCH3 is 1. The van der Waals surface area contributed by atoms with Crippen molar-refractivity contribution >= 4 is 5.91 Å². The minimum atomic E-state index is -1.22. The lowest BCUT2D eigenvalue weighted by atomic mass is 10.1. The third kappa shape index (κ3) is 3.47. The van der Waals surface area contributed by atoms with Gasteiger partial charge in [0, 0.05) is 13.7 Å². The Morgan fingerprint density at radius 3 is 2.71 bits per heavy atom. The number of rotatable bonds is 4. The molecule has 3 atom stereocenters. The van der Waals surface area contributed by atoms with Crippen LogP contribution in [0.5, 0.6) is 0 Å². The maximum absolute atomic E-state index is 13.3. The monoisotopic (exact) mass is 248 g/mol. The van der Waals surface area contributed by atoms with Crippen molar-refractivity contribution in [3.8, 4) is 0 Å². The molecule has 0 aliphatic carbocycles. The molecule has 0 bridgehead atoms. The molecule has 4 nitrogen and oxygen atoms in total. The lowest BCUT2D eigenvalue weighted by Crippen LogP contribution is -2.47. The second kappa shape index (κ2) is 6.07. The van der Waals surface area contributed by atoms with E-state index >= 15 is 0 Å². The van der Waals surface area contributed by atoms with Gasteiger partial charge in [-0.1, -0.05) is 0 Å². The van der Waals surface area contributed by atoms with E-state index in [9.17, 15) is 13.6 Å². The number of amides is 1. The second-order valence-corrected chi connectivity index (χ2v) is 4.22. The predicted octanol–water partition coefficient (Wildman–Crippen LogP) is 0.691. The number of carbonyl (C=O) groups excluding carboxylic acids is 1. The molecular formula is C11H18F2N2O2. The molecule has 1 heterocycles. The van der Waals surface area contributed by atoms with Gasteiger partial charge >= 0.3 is 0 Å². The first-order chi connectivity index (χ1) is 7.97. The number of nitrogens with one attached hydrogen (secondary N) is 2. The largest absolute Gasteiger partial charge is 0.376 e. The molecule has 0 aromatic carbocycles. The summed E-state index contributed by atoms with van der Waals surface area (Å²) in [4.78, 5) is 11.7. The molecule has 1 aliphatic heterocycles. The van der Waals surface area contributed by atoms with Crippen molar-refractivity contribution in [2.75, 3.05) is 20.2 Å². The molecule has 0 spiro atoms. The zero-order chi connectivity index (χ0) is 13.0. The summed E-state index contributed by atoms with van der Waals surface area (Å²) >= 11 is 0. The molecule has 1 rings (SSSR count). The van der Waals surface area contributed by atoms with E-state index in [0.29, 0.717) is 5.57 Å². The quantitative estimate of drug-likeness (QED) is 0.769. The van der Waals surface area contributed by atoms with Crippen LogP contribution in [0.15, 0.2) is 11.4 Å². The fraction of sp³-hybridized carbons (Fsp3) is 0.727. The topological polar surface area (TPSA) is 50.4 Å². The molecule has 98 valence electrons. The van der Waals surface area contributed by atoms with Gasteiger partial charge in [-0.05, 0) is 19.4 Å². The number of halogens is 2. The van der Waals surface area contributed by atoms with Crippen molar-refractivity contribution in [1.82, 2.24) is 10.6 Å². The van der Waals surface area contributed by atoms with Crippen LogP contribution < -0.4 is 10.6 Å². The molecule has 0 aromatic rings. The highest BCUT2D eigenvalue weighted by atomic mass is 19.1. The number of hydrogen-bond donors (Lipinski definition) is 2. The summed E-state index contributed by atoms with van der Waals surface area (Å²) in [5.41, 5.74) is 0.511. The van der Waals surface area contributed by atoms with E-state index < -0.39 is 24.2 Å². The van der Waals surface area contributed by atoms with Gasteiger partial charge in [0.05, 0.1) is 6.54 Å². The van der Waals surface area contributed by atoms with Crippen LogP contribution in [0.3, 0.4) is 0 Å². The van der Waals surface area contributed by atoms with Crippen LogP contribution in [0.25, 0.3) is 0 Å². The van der Waals surface area contributed by atoms with Crippen molar-refractivity contribution in [2.45, 2.75) is 32.2 Å². The maximum Gasteiger partial charge on any atom is 0.240 e. The van der Waals surface area contributed by atoms with Gasteiger partial charge in [-0.25, -0.2) is 8.78 Å². The maximum atomic E-state index is 13.3. The number of allylic oxidation sites excluding steroid dienone is 1. The summed E-state index contributed by atoms with van der Waals surface area (Å²) in [7, 11) is 1.35. The standard InChI is InChI=1S/C11H18F2N2O2/c1-6(2)7(12)4-15-11(16)9-10(17-3)8(13)5-14-9/h8-10,14H,4-5H2,1-3H3,(H,15,16)/t8-,9-,10+/m0/s1. The zero-order valence-corrected chi connectivity index (χ0v) is 10.2. The van der Waals surface area contributed by atoms with Crippen LogP contribution >= 0.6 is 0 Å². The van der Waals surface area contributed by atoms with Crippen LogP contribution in [0.1, 0.15) is 13.8 Å². The van der Waals surface area contributed by atoms with Crippen LogP contribution in [0, 0.1) is 0 Å². The number of alkyl halides is 1. The molecule has 0 aromatic heterocycles. The highest BCUT2D eigenvalue weighted by Gasteiger charge is 2.40. The number of carbonyl (C=O) groups is 1. The van der Waals surface area contributed by atoms with Gasteiger partial charge in [-0.15, -0.1) is 0 Å². The third-order valence-electron chi connectivity index (χ3n) is 2.73. The van der Waals surface area contributed by atoms with E-state index in [1.165, 1.54) is 7.11 Å². The highest BCUT2D eigenvalue weighted by Crippen LogP contribution is 2.15. The Morgan fingerprint density at radius 1 is 1.53 bits per heavy atom. The molecule has 1 amide bonds. The van der Waals surface area contributed by atoms with E-state index in [1.807, 2.05) is 0 Å². The average Bonchev–Trinajstić information content (AvgIpc) is 2.66. The Labute approximate surface area is 99.4 Å². The molecule has 0 saturated carbocycles. The van der Waals surface area contributed by atoms with Crippen molar-refractivity contribution in [3.63, 3.8) is 0 Å². The van der Waals surface area contributed by atoms with Gasteiger partial charge in [0.25, 0.3) is 0 Å². The Morgan fingerprint density at radius 2 is 2.18 bits per heavy atom. The van der Waals surface area contributed by atoms with Crippen LogP contribution in [-0.4, -0.2) is 44.4 Å². The van der Waals surface area contributed by atoms with Crippen LogP contribution in [-0.2, 0) is 9.53 Å². The van der Waals surface area contributed by atoms with Crippen LogP contribution in [0.2, 0.25) is 0 Å². The summed E-state index contributed by atoms with van der Waals surface area (Å²) in [6.07, 6.45) is -2.03. The Bertz CT molecular complexity index is 317. The Balaban J connectivity index is 2.51. The first-order valence-corrected chi connectivity index (χ1v) is 5.47. The highest BCUT2D eigenvalue weighted by molar-refractivity contribution is 5.83. The minimum Gasteiger partial charge on any atom is -0.376 e. The fourth-order valence-electron chi connectivity index (χ4n) is 1.66. The Kier molecular flexibility index (Phi) is 5.02.